The number of esters is 1. The zero-order valence-electron chi connectivity index (χ0n) is 6.60. The van der Waals surface area contributed by atoms with Gasteiger partial charge in [-0.05, 0) is 0 Å². The van der Waals surface area contributed by atoms with Crippen LogP contribution in [0.25, 0.3) is 0 Å². The van der Waals surface area contributed by atoms with Crippen LogP contribution in [-0.4, -0.2) is 18.7 Å². The molecule has 0 bridgehead atoms. The number of cyclic esters (lactones) is 1. The van der Waals surface area contributed by atoms with Gasteiger partial charge < -0.3 is 4.74 Å². The van der Waals surface area contributed by atoms with Crippen LogP contribution in [0.15, 0.2) is 0 Å². The monoisotopic (exact) mass is 143 g/mol. The summed E-state index contributed by atoms with van der Waals surface area (Å²) < 4.78 is 4.98. The molecule has 1 N–H and O–H groups in total. The second kappa shape index (κ2) is 2.23. The molecule has 0 saturated carbocycles. The SMILES string of the molecule is CC(C)(C)C1NCC(=O)O1. The molecule has 58 valence electrons. The highest BCUT2D eigenvalue weighted by Gasteiger charge is 2.32. The first-order valence-corrected chi connectivity index (χ1v) is 3.43. The molecule has 3 nitrogen and oxygen atoms in total. The van der Waals surface area contributed by atoms with Crippen LogP contribution >= 0.6 is 0 Å². The summed E-state index contributed by atoms with van der Waals surface area (Å²) in [6, 6.07) is 0. The van der Waals surface area contributed by atoms with Crippen LogP contribution in [0.2, 0.25) is 0 Å². The number of carbonyl (C=O) groups excluding carboxylic acids is 1. The van der Waals surface area contributed by atoms with E-state index >= 15 is 0 Å². The smallest absolute Gasteiger partial charge is 0.321 e. The summed E-state index contributed by atoms with van der Waals surface area (Å²) in [6.07, 6.45) is -0.111. The molecule has 1 unspecified atom stereocenters. The summed E-state index contributed by atoms with van der Waals surface area (Å²) in [7, 11) is 0. The van der Waals surface area contributed by atoms with Gasteiger partial charge in [-0.25, -0.2) is 0 Å². The second-order valence-electron chi connectivity index (χ2n) is 3.62. The fourth-order valence-corrected chi connectivity index (χ4v) is 0.874. The molecule has 1 aliphatic rings. The fourth-order valence-electron chi connectivity index (χ4n) is 0.874. The lowest BCUT2D eigenvalue weighted by atomic mass is 9.95. The maximum absolute atomic E-state index is 10.6. The van der Waals surface area contributed by atoms with Crippen LogP contribution in [0.5, 0.6) is 0 Å². The van der Waals surface area contributed by atoms with Crippen molar-refractivity contribution < 1.29 is 9.53 Å². The normalized spacial score (nSPS) is 26.7. The third-order valence-corrected chi connectivity index (χ3v) is 1.47. The average molecular weight is 143 g/mol. The number of rotatable bonds is 0. The predicted molar refractivity (Wildman–Crippen MR) is 37.3 cm³/mol. The molecule has 10 heavy (non-hydrogen) atoms. The van der Waals surface area contributed by atoms with Crippen molar-refractivity contribution in [3.63, 3.8) is 0 Å². The van der Waals surface area contributed by atoms with Gasteiger partial charge in [-0.1, -0.05) is 20.8 Å². The Labute approximate surface area is 60.7 Å². The molecule has 1 heterocycles. The molecular weight excluding hydrogens is 130 g/mol. The summed E-state index contributed by atoms with van der Waals surface area (Å²) in [4.78, 5) is 10.6. The van der Waals surface area contributed by atoms with Crippen LogP contribution < -0.4 is 5.32 Å². The first kappa shape index (κ1) is 7.54. The van der Waals surface area contributed by atoms with Crippen molar-refractivity contribution in [1.82, 2.24) is 5.32 Å². The Morgan fingerprint density at radius 1 is 1.60 bits per heavy atom. The average Bonchev–Trinajstić information content (AvgIpc) is 2.11. The van der Waals surface area contributed by atoms with E-state index in [0.29, 0.717) is 6.54 Å². The molecule has 0 radical (unpaired) electrons. The highest BCUT2D eigenvalue weighted by atomic mass is 16.6. The highest BCUT2D eigenvalue weighted by molar-refractivity contribution is 5.73. The first-order valence-electron chi connectivity index (χ1n) is 3.43. The van der Waals surface area contributed by atoms with Crippen LogP contribution in [0.3, 0.4) is 0 Å². The topological polar surface area (TPSA) is 38.3 Å². The van der Waals surface area contributed by atoms with E-state index in [4.69, 9.17) is 4.74 Å². The zero-order chi connectivity index (χ0) is 7.78. The Balaban J connectivity index is 2.53. The Morgan fingerprint density at radius 3 is 2.40 bits per heavy atom. The minimum absolute atomic E-state index is 0.00611. The van der Waals surface area contributed by atoms with Gasteiger partial charge in [0.05, 0.1) is 6.54 Å². The maximum atomic E-state index is 10.6. The summed E-state index contributed by atoms with van der Waals surface area (Å²) >= 11 is 0. The molecular formula is C7H13NO2. The Hall–Kier alpha value is -0.570. The third kappa shape index (κ3) is 1.48. The van der Waals surface area contributed by atoms with Crippen LogP contribution in [0.1, 0.15) is 20.8 Å². The number of ether oxygens (including phenoxy) is 1. The molecule has 1 rings (SSSR count). The van der Waals surface area contributed by atoms with Gasteiger partial charge in [-0.3, -0.25) is 10.1 Å². The fraction of sp³-hybridized carbons (Fsp3) is 0.857. The Kier molecular flexibility index (Phi) is 1.68. The van der Waals surface area contributed by atoms with Gasteiger partial charge in [-0.15, -0.1) is 0 Å². The van der Waals surface area contributed by atoms with Gasteiger partial charge in [0, 0.05) is 5.41 Å². The lowest BCUT2D eigenvalue weighted by Gasteiger charge is -2.24. The number of nitrogens with one attached hydrogen (secondary N) is 1. The number of hydrogen-bond acceptors (Lipinski definition) is 3. The molecule has 1 aliphatic heterocycles. The van der Waals surface area contributed by atoms with Gasteiger partial charge in [0.1, 0.15) is 0 Å². The zero-order valence-corrected chi connectivity index (χ0v) is 6.60. The molecule has 0 aromatic carbocycles. The van der Waals surface area contributed by atoms with E-state index in [2.05, 4.69) is 5.32 Å². The van der Waals surface area contributed by atoms with Crippen molar-refractivity contribution in [3.05, 3.63) is 0 Å². The lowest BCUT2D eigenvalue weighted by molar-refractivity contribution is -0.144. The molecule has 3 heteroatoms. The molecule has 1 saturated heterocycles. The van der Waals surface area contributed by atoms with E-state index in [0.717, 1.165) is 0 Å². The van der Waals surface area contributed by atoms with E-state index < -0.39 is 0 Å². The number of hydrogen-bond donors (Lipinski definition) is 1. The van der Waals surface area contributed by atoms with Crippen molar-refractivity contribution in [2.75, 3.05) is 6.54 Å². The summed E-state index contributed by atoms with van der Waals surface area (Å²) in [6.45, 7) is 6.44. The summed E-state index contributed by atoms with van der Waals surface area (Å²) in [5.41, 5.74) is 0.00611. The minimum atomic E-state index is -0.153. The van der Waals surface area contributed by atoms with Crippen molar-refractivity contribution in [2.45, 2.75) is 27.0 Å². The molecule has 1 atom stereocenters. The highest BCUT2D eigenvalue weighted by Crippen LogP contribution is 2.22. The van der Waals surface area contributed by atoms with E-state index in [1.54, 1.807) is 0 Å². The maximum Gasteiger partial charge on any atom is 0.321 e. The van der Waals surface area contributed by atoms with Gasteiger partial charge >= 0.3 is 5.97 Å². The van der Waals surface area contributed by atoms with Gasteiger partial charge in [0.25, 0.3) is 0 Å². The lowest BCUT2D eigenvalue weighted by Crippen LogP contribution is -2.35. The van der Waals surface area contributed by atoms with E-state index in [9.17, 15) is 4.79 Å². The second-order valence-corrected chi connectivity index (χ2v) is 3.62. The van der Waals surface area contributed by atoms with Gasteiger partial charge in [0.15, 0.2) is 6.23 Å². The molecule has 1 fully saturated rings. The van der Waals surface area contributed by atoms with E-state index in [-0.39, 0.29) is 17.6 Å². The molecule has 0 spiro atoms. The van der Waals surface area contributed by atoms with Crippen molar-refractivity contribution in [2.24, 2.45) is 5.41 Å². The summed E-state index contributed by atoms with van der Waals surface area (Å²) in [5, 5.41) is 2.97. The Bertz CT molecular complexity index is 148. The van der Waals surface area contributed by atoms with Crippen molar-refractivity contribution in [1.29, 1.82) is 0 Å². The standard InChI is InChI=1S/C7H13NO2/c1-7(2,3)6-8-4-5(9)10-6/h6,8H,4H2,1-3H3. The molecule has 0 aromatic rings. The van der Waals surface area contributed by atoms with Crippen molar-refractivity contribution >= 4 is 5.97 Å². The first-order chi connectivity index (χ1) is 4.50. The van der Waals surface area contributed by atoms with Gasteiger partial charge in [0.2, 0.25) is 0 Å². The van der Waals surface area contributed by atoms with Gasteiger partial charge in [-0.2, -0.15) is 0 Å². The predicted octanol–water partition coefficient (Wildman–Crippen LogP) is 0.505. The van der Waals surface area contributed by atoms with Crippen LogP contribution in [-0.2, 0) is 9.53 Å². The quantitative estimate of drug-likeness (QED) is 0.502. The largest absolute Gasteiger partial charge is 0.445 e. The van der Waals surface area contributed by atoms with E-state index in [1.165, 1.54) is 0 Å². The third-order valence-electron chi connectivity index (χ3n) is 1.47. The summed E-state index contributed by atoms with van der Waals surface area (Å²) in [5.74, 6) is -0.153. The molecule has 0 aliphatic carbocycles. The van der Waals surface area contributed by atoms with Crippen LogP contribution in [0, 0.1) is 5.41 Å². The molecule has 0 aromatic heterocycles. The van der Waals surface area contributed by atoms with Crippen molar-refractivity contribution in [3.8, 4) is 0 Å². The number of carbonyl (C=O) groups is 1. The minimum Gasteiger partial charge on any atom is -0.445 e. The Morgan fingerprint density at radius 2 is 2.20 bits per heavy atom. The van der Waals surface area contributed by atoms with Crippen LogP contribution in [0.4, 0.5) is 0 Å². The molecule has 0 amide bonds. The van der Waals surface area contributed by atoms with E-state index in [1.807, 2.05) is 20.8 Å².